The summed E-state index contributed by atoms with van der Waals surface area (Å²) < 4.78 is 6.02. The third kappa shape index (κ3) is 2.66. The fraction of sp³-hybridized carbons (Fsp3) is 0.278. The number of aromatic nitrogens is 1. The van der Waals surface area contributed by atoms with E-state index in [1.807, 2.05) is 47.7 Å². The lowest BCUT2D eigenvalue weighted by Crippen LogP contribution is -2.45. The smallest absolute Gasteiger partial charge is 0.256 e. The molecular weight excluding hydrogens is 308 g/mol. The van der Waals surface area contributed by atoms with Crippen LogP contribution in [0.4, 0.5) is 0 Å². The van der Waals surface area contributed by atoms with Crippen LogP contribution < -0.4 is 0 Å². The van der Waals surface area contributed by atoms with E-state index < -0.39 is 0 Å². The van der Waals surface area contributed by atoms with Gasteiger partial charge in [-0.15, -0.1) is 0 Å². The molecule has 1 aromatic carbocycles. The summed E-state index contributed by atoms with van der Waals surface area (Å²) in [6.07, 6.45) is 1.86. The van der Waals surface area contributed by atoms with E-state index in [9.17, 15) is 4.79 Å². The lowest BCUT2D eigenvalue weighted by molar-refractivity contribution is -0.0689. The first-order chi connectivity index (χ1) is 11.2. The Morgan fingerprint density at radius 3 is 3.04 bits per heavy atom. The second-order valence-corrected chi connectivity index (χ2v) is 6.73. The van der Waals surface area contributed by atoms with E-state index in [0.717, 1.165) is 22.0 Å². The standard InChI is InChI=1S/C18H18N2O2S/c1-12-9-20(10-16(22-12)14-6-8-23-11-14)18(21)15-4-2-3-13-5-7-19-17(13)15/h2-8,11-12,16,19H,9-10H2,1H3/t12-,16+/m0/s1. The maximum Gasteiger partial charge on any atom is 0.256 e. The zero-order valence-electron chi connectivity index (χ0n) is 12.9. The van der Waals surface area contributed by atoms with Crippen molar-refractivity contribution in [2.75, 3.05) is 13.1 Å². The molecule has 2 aromatic heterocycles. The van der Waals surface area contributed by atoms with Crippen LogP contribution in [0.2, 0.25) is 0 Å². The summed E-state index contributed by atoms with van der Waals surface area (Å²) in [7, 11) is 0. The molecule has 1 fully saturated rings. The molecule has 118 valence electrons. The van der Waals surface area contributed by atoms with Gasteiger partial charge in [0.05, 0.1) is 23.7 Å². The molecular formula is C18H18N2O2S. The Morgan fingerprint density at radius 1 is 1.30 bits per heavy atom. The van der Waals surface area contributed by atoms with Crippen molar-refractivity contribution in [3.8, 4) is 0 Å². The van der Waals surface area contributed by atoms with Gasteiger partial charge in [0.1, 0.15) is 6.10 Å². The Bertz CT molecular complexity index is 825. The number of rotatable bonds is 2. The molecule has 0 unspecified atom stereocenters. The number of hydrogen-bond acceptors (Lipinski definition) is 3. The number of fused-ring (bicyclic) bond motifs is 1. The molecule has 23 heavy (non-hydrogen) atoms. The number of carbonyl (C=O) groups is 1. The first-order valence-corrected chi connectivity index (χ1v) is 8.69. The van der Waals surface area contributed by atoms with Gasteiger partial charge in [0, 0.05) is 18.1 Å². The molecule has 1 N–H and O–H groups in total. The predicted octanol–water partition coefficient (Wildman–Crippen LogP) is 3.83. The van der Waals surface area contributed by atoms with Gasteiger partial charge in [-0.25, -0.2) is 0 Å². The largest absolute Gasteiger partial charge is 0.367 e. The van der Waals surface area contributed by atoms with Gasteiger partial charge in [-0.1, -0.05) is 12.1 Å². The Hall–Kier alpha value is -2.11. The lowest BCUT2D eigenvalue weighted by atomic mass is 10.1. The van der Waals surface area contributed by atoms with Crippen LogP contribution in [-0.2, 0) is 4.74 Å². The second-order valence-electron chi connectivity index (χ2n) is 5.95. The fourth-order valence-corrected chi connectivity index (χ4v) is 3.89. The van der Waals surface area contributed by atoms with Crippen LogP contribution in [0.1, 0.15) is 28.9 Å². The van der Waals surface area contributed by atoms with Crippen molar-refractivity contribution in [2.24, 2.45) is 0 Å². The highest BCUT2D eigenvalue weighted by atomic mass is 32.1. The average molecular weight is 326 g/mol. The van der Waals surface area contributed by atoms with Gasteiger partial charge in [-0.2, -0.15) is 11.3 Å². The van der Waals surface area contributed by atoms with Crippen molar-refractivity contribution >= 4 is 28.1 Å². The Balaban J connectivity index is 1.64. The van der Waals surface area contributed by atoms with E-state index in [1.54, 1.807) is 11.3 Å². The zero-order valence-corrected chi connectivity index (χ0v) is 13.7. The average Bonchev–Trinajstić information content (AvgIpc) is 3.24. The first-order valence-electron chi connectivity index (χ1n) is 7.75. The van der Waals surface area contributed by atoms with Gasteiger partial charge in [-0.3, -0.25) is 4.79 Å². The number of morpholine rings is 1. The SMILES string of the molecule is C[C@H]1CN(C(=O)c2cccc3cc[nH]c23)C[C@H](c2ccsc2)O1. The Morgan fingerprint density at radius 2 is 2.22 bits per heavy atom. The molecule has 3 heterocycles. The highest BCUT2D eigenvalue weighted by Crippen LogP contribution is 2.28. The van der Waals surface area contributed by atoms with Crippen molar-refractivity contribution in [2.45, 2.75) is 19.1 Å². The van der Waals surface area contributed by atoms with E-state index in [-0.39, 0.29) is 18.1 Å². The van der Waals surface area contributed by atoms with Crippen molar-refractivity contribution < 1.29 is 9.53 Å². The van der Waals surface area contributed by atoms with E-state index in [1.165, 1.54) is 0 Å². The minimum Gasteiger partial charge on any atom is -0.367 e. The van der Waals surface area contributed by atoms with E-state index in [4.69, 9.17) is 4.74 Å². The van der Waals surface area contributed by atoms with Crippen LogP contribution in [0.5, 0.6) is 0 Å². The van der Waals surface area contributed by atoms with Gasteiger partial charge in [0.15, 0.2) is 0 Å². The van der Waals surface area contributed by atoms with Gasteiger partial charge < -0.3 is 14.6 Å². The number of ether oxygens (including phenoxy) is 1. The molecule has 0 aliphatic carbocycles. The maximum absolute atomic E-state index is 13.0. The molecule has 4 rings (SSSR count). The zero-order chi connectivity index (χ0) is 15.8. The van der Waals surface area contributed by atoms with Gasteiger partial charge in [-0.05, 0) is 41.4 Å². The minimum atomic E-state index is -0.0446. The first kappa shape index (κ1) is 14.5. The number of benzene rings is 1. The molecule has 0 bridgehead atoms. The number of thiophene rings is 1. The molecule has 1 saturated heterocycles. The summed E-state index contributed by atoms with van der Waals surface area (Å²) >= 11 is 1.66. The highest BCUT2D eigenvalue weighted by Gasteiger charge is 2.30. The number of para-hydroxylation sites is 1. The molecule has 4 nitrogen and oxygen atoms in total. The summed E-state index contributed by atoms with van der Waals surface area (Å²) in [5.41, 5.74) is 2.78. The van der Waals surface area contributed by atoms with Gasteiger partial charge in [0.25, 0.3) is 5.91 Å². The molecule has 1 aliphatic heterocycles. The minimum absolute atomic E-state index is 0.0282. The number of H-pyrrole nitrogens is 1. The maximum atomic E-state index is 13.0. The number of nitrogens with zero attached hydrogens (tertiary/aromatic N) is 1. The van der Waals surface area contributed by atoms with Gasteiger partial charge >= 0.3 is 0 Å². The highest BCUT2D eigenvalue weighted by molar-refractivity contribution is 7.07. The molecule has 1 amide bonds. The normalized spacial score (nSPS) is 21.7. The third-order valence-corrected chi connectivity index (χ3v) is 4.98. The monoisotopic (exact) mass is 326 g/mol. The van der Waals surface area contributed by atoms with Crippen LogP contribution >= 0.6 is 11.3 Å². The van der Waals surface area contributed by atoms with Crippen molar-refractivity contribution in [1.82, 2.24) is 9.88 Å². The predicted molar refractivity (Wildman–Crippen MR) is 91.8 cm³/mol. The topological polar surface area (TPSA) is 45.3 Å². The number of nitrogens with one attached hydrogen (secondary N) is 1. The van der Waals surface area contributed by atoms with Crippen LogP contribution in [0.25, 0.3) is 10.9 Å². The molecule has 0 spiro atoms. The van der Waals surface area contributed by atoms with Gasteiger partial charge in [0.2, 0.25) is 0 Å². The van der Waals surface area contributed by atoms with E-state index in [0.29, 0.717) is 13.1 Å². The molecule has 5 heteroatoms. The van der Waals surface area contributed by atoms with Crippen molar-refractivity contribution in [3.63, 3.8) is 0 Å². The van der Waals surface area contributed by atoms with Crippen molar-refractivity contribution in [1.29, 1.82) is 0 Å². The van der Waals surface area contributed by atoms with Crippen LogP contribution in [0.3, 0.4) is 0 Å². The molecule has 1 aliphatic rings. The quantitative estimate of drug-likeness (QED) is 0.778. The summed E-state index contributed by atoms with van der Waals surface area (Å²) in [6, 6.07) is 9.90. The summed E-state index contributed by atoms with van der Waals surface area (Å²) in [4.78, 5) is 18.1. The van der Waals surface area contributed by atoms with Crippen molar-refractivity contribution in [3.05, 3.63) is 58.4 Å². The fourth-order valence-electron chi connectivity index (χ4n) is 3.19. The number of carbonyl (C=O) groups excluding carboxylic acids is 1. The number of aromatic amines is 1. The lowest BCUT2D eigenvalue weighted by Gasteiger charge is -2.36. The molecule has 0 radical (unpaired) electrons. The van der Waals surface area contributed by atoms with E-state index in [2.05, 4.69) is 16.4 Å². The summed E-state index contributed by atoms with van der Waals surface area (Å²) in [6.45, 7) is 3.24. The summed E-state index contributed by atoms with van der Waals surface area (Å²) in [5, 5.41) is 5.20. The molecule has 3 aromatic rings. The van der Waals surface area contributed by atoms with Crippen LogP contribution in [0.15, 0.2) is 47.3 Å². The van der Waals surface area contributed by atoms with Crippen LogP contribution in [-0.4, -0.2) is 35.0 Å². The van der Waals surface area contributed by atoms with E-state index >= 15 is 0 Å². The Labute approximate surface area is 138 Å². The molecule has 2 atom stereocenters. The number of amides is 1. The summed E-state index contributed by atoms with van der Waals surface area (Å²) in [5.74, 6) is 0.0634. The second kappa shape index (κ2) is 5.83. The number of hydrogen-bond donors (Lipinski definition) is 1. The van der Waals surface area contributed by atoms with Crippen LogP contribution in [0, 0.1) is 0 Å². The third-order valence-electron chi connectivity index (χ3n) is 4.28. The molecule has 0 saturated carbocycles. The Kier molecular flexibility index (Phi) is 3.67.